The first-order valence-electron chi connectivity index (χ1n) is 5.86. The van der Waals surface area contributed by atoms with Crippen molar-refractivity contribution in [2.75, 3.05) is 11.9 Å². The van der Waals surface area contributed by atoms with Gasteiger partial charge < -0.3 is 5.32 Å². The Morgan fingerprint density at radius 2 is 2.06 bits per heavy atom. The second kappa shape index (κ2) is 4.95. The highest BCUT2D eigenvalue weighted by Crippen LogP contribution is 2.19. The van der Waals surface area contributed by atoms with E-state index in [1.807, 2.05) is 32.2 Å². The molecule has 0 aliphatic heterocycles. The van der Waals surface area contributed by atoms with Crippen LogP contribution in [0.15, 0.2) is 18.3 Å². The third-order valence-electron chi connectivity index (χ3n) is 2.57. The average Bonchev–Trinajstić information content (AvgIpc) is 2.73. The Hall–Kier alpha value is -1.91. The Labute approximate surface area is 101 Å². The zero-order chi connectivity index (χ0) is 12.3. The molecular formula is C12H17N5. The molecule has 0 aliphatic rings. The second-order valence-corrected chi connectivity index (χ2v) is 3.81. The molecule has 2 aromatic heterocycles. The lowest BCUT2D eigenvalue weighted by molar-refractivity contribution is 0.770. The monoisotopic (exact) mass is 231 g/mol. The van der Waals surface area contributed by atoms with Gasteiger partial charge in [-0.2, -0.15) is 0 Å². The van der Waals surface area contributed by atoms with Crippen molar-refractivity contribution < 1.29 is 0 Å². The van der Waals surface area contributed by atoms with Crippen LogP contribution in [0, 0.1) is 6.92 Å². The van der Waals surface area contributed by atoms with Crippen molar-refractivity contribution >= 4 is 5.95 Å². The normalized spacial score (nSPS) is 10.5. The van der Waals surface area contributed by atoms with E-state index in [9.17, 15) is 0 Å². The SMILES string of the molecule is CCNc1nnc(-c2ccc(C)nc2)n1CC. The Morgan fingerprint density at radius 1 is 1.24 bits per heavy atom. The van der Waals surface area contributed by atoms with E-state index in [1.54, 1.807) is 0 Å². The van der Waals surface area contributed by atoms with E-state index >= 15 is 0 Å². The predicted octanol–water partition coefficient (Wildman–Crippen LogP) is 2.10. The molecule has 2 aromatic rings. The number of aryl methyl sites for hydroxylation is 1. The molecule has 0 saturated heterocycles. The zero-order valence-electron chi connectivity index (χ0n) is 10.4. The maximum Gasteiger partial charge on any atom is 0.224 e. The number of hydrogen-bond donors (Lipinski definition) is 1. The summed E-state index contributed by atoms with van der Waals surface area (Å²) < 4.78 is 2.05. The van der Waals surface area contributed by atoms with E-state index in [4.69, 9.17) is 0 Å². The van der Waals surface area contributed by atoms with Crippen LogP contribution in [0.4, 0.5) is 5.95 Å². The first kappa shape index (κ1) is 11.6. The highest BCUT2D eigenvalue weighted by atomic mass is 15.3. The van der Waals surface area contributed by atoms with Crippen LogP contribution >= 0.6 is 0 Å². The first-order valence-corrected chi connectivity index (χ1v) is 5.86. The molecule has 0 fully saturated rings. The summed E-state index contributed by atoms with van der Waals surface area (Å²) >= 11 is 0. The predicted molar refractivity (Wildman–Crippen MR) is 67.8 cm³/mol. The largest absolute Gasteiger partial charge is 0.355 e. The van der Waals surface area contributed by atoms with Crippen molar-refractivity contribution in [3.63, 3.8) is 0 Å². The molecule has 2 heterocycles. The molecule has 5 nitrogen and oxygen atoms in total. The minimum atomic E-state index is 0.811. The third kappa shape index (κ3) is 2.27. The van der Waals surface area contributed by atoms with Crippen molar-refractivity contribution in [2.45, 2.75) is 27.3 Å². The van der Waals surface area contributed by atoms with Gasteiger partial charge >= 0.3 is 0 Å². The van der Waals surface area contributed by atoms with Crippen molar-refractivity contribution in [3.05, 3.63) is 24.0 Å². The second-order valence-electron chi connectivity index (χ2n) is 3.81. The summed E-state index contributed by atoms with van der Waals surface area (Å²) in [6, 6.07) is 4.01. The minimum absolute atomic E-state index is 0.811. The average molecular weight is 231 g/mol. The summed E-state index contributed by atoms with van der Waals surface area (Å²) in [5.41, 5.74) is 2.00. The third-order valence-corrected chi connectivity index (χ3v) is 2.57. The highest BCUT2D eigenvalue weighted by molar-refractivity contribution is 5.56. The van der Waals surface area contributed by atoms with Crippen LogP contribution in [0.5, 0.6) is 0 Å². The fourth-order valence-corrected chi connectivity index (χ4v) is 1.71. The van der Waals surface area contributed by atoms with E-state index in [0.29, 0.717) is 0 Å². The van der Waals surface area contributed by atoms with Crippen LogP contribution in [0.25, 0.3) is 11.4 Å². The molecule has 17 heavy (non-hydrogen) atoms. The molecule has 0 bridgehead atoms. The number of aromatic nitrogens is 4. The Bertz CT molecular complexity index is 486. The van der Waals surface area contributed by atoms with E-state index in [-0.39, 0.29) is 0 Å². The Balaban J connectivity index is 2.41. The lowest BCUT2D eigenvalue weighted by Gasteiger charge is -2.07. The molecule has 0 atom stereocenters. The summed E-state index contributed by atoms with van der Waals surface area (Å²) in [4.78, 5) is 4.28. The number of pyridine rings is 1. The summed E-state index contributed by atoms with van der Waals surface area (Å²) in [6.45, 7) is 7.76. The summed E-state index contributed by atoms with van der Waals surface area (Å²) in [5, 5.41) is 11.6. The molecule has 0 radical (unpaired) electrons. The quantitative estimate of drug-likeness (QED) is 0.875. The smallest absolute Gasteiger partial charge is 0.224 e. The molecule has 0 aromatic carbocycles. The van der Waals surface area contributed by atoms with Gasteiger partial charge in [0.05, 0.1) is 0 Å². The molecule has 0 spiro atoms. The van der Waals surface area contributed by atoms with Crippen molar-refractivity contribution in [3.8, 4) is 11.4 Å². The maximum absolute atomic E-state index is 4.28. The number of hydrogen-bond acceptors (Lipinski definition) is 4. The Morgan fingerprint density at radius 3 is 2.65 bits per heavy atom. The maximum atomic E-state index is 4.28. The van der Waals surface area contributed by atoms with Crippen LogP contribution in [-0.4, -0.2) is 26.3 Å². The van der Waals surface area contributed by atoms with Crippen molar-refractivity contribution in [1.82, 2.24) is 19.7 Å². The fraction of sp³-hybridized carbons (Fsp3) is 0.417. The molecule has 0 saturated carbocycles. The standard InChI is InChI=1S/C12H17N5/c1-4-13-12-16-15-11(17(12)5-2)10-7-6-9(3)14-8-10/h6-8H,4-5H2,1-3H3,(H,13,16). The van der Waals surface area contributed by atoms with E-state index in [0.717, 1.165) is 36.1 Å². The Kier molecular flexibility index (Phi) is 3.37. The highest BCUT2D eigenvalue weighted by Gasteiger charge is 2.11. The van der Waals surface area contributed by atoms with Crippen LogP contribution < -0.4 is 5.32 Å². The lowest BCUT2D eigenvalue weighted by Crippen LogP contribution is -2.06. The molecule has 90 valence electrons. The van der Waals surface area contributed by atoms with Gasteiger partial charge in [0.15, 0.2) is 5.82 Å². The van der Waals surface area contributed by atoms with Gasteiger partial charge in [0, 0.05) is 30.5 Å². The van der Waals surface area contributed by atoms with Crippen molar-refractivity contribution in [1.29, 1.82) is 0 Å². The van der Waals surface area contributed by atoms with Crippen LogP contribution in [0.1, 0.15) is 19.5 Å². The van der Waals surface area contributed by atoms with Gasteiger partial charge in [0.1, 0.15) is 0 Å². The van der Waals surface area contributed by atoms with Gasteiger partial charge in [-0.05, 0) is 32.9 Å². The lowest BCUT2D eigenvalue weighted by atomic mass is 10.2. The number of nitrogens with zero attached hydrogens (tertiary/aromatic N) is 4. The van der Waals surface area contributed by atoms with E-state index in [1.165, 1.54) is 0 Å². The van der Waals surface area contributed by atoms with Gasteiger partial charge in [-0.3, -0.25) is 9.55 Å². The number of nitrogens with one attached hydrogen (secondary N) is 1. The topological polar surface area (TPSA) is 55.6 Å². The molecule has 5 heteroatoms. The number of anilines is 1. The summed E-state index contributed by atoms with van der Waals surface area (Å²) in [6.07, 6.45) is 1.83. The van der Waals surface area contributed by atoms with E-state index in [2.05, 4.69) is 32.0 Å². The molecule has 2 rings (SSSR count). The molecule has 0 unspecified atom stereocenters. The van der Waals surface area contributed by atoms with Crippen molar-refractivity contribution in [2.24, 2.45) is 0 Å². The van der Waals surface area contributed by atoms with Crippen LogP contribution in [-0.2, 0) is 6.54 Å². The van der Waals surface area contributed by atoms with Crippen LogP contribution in [0.2, 0.25) is 0 Å². The molecule has 0 amide bonds. The summed E-state index contributed by atoms with van der Waals surface area (Å²) in [5.74, 6) is 1.67. The first-order chi connectivity index (χ1) is 8.26. The van der Waals surface area contributed by atoms with Gasteiger partial charge in [0.2, 0.25) is 5.95 Å². The van der Waals surface area contributed by atoms with Gasteiger partial charge in [-0.25, -0.2) is 0 Å². The number of rotatable bonds is 4. The minimum Gasteiger partial charge on any atom is -0.355 e. The zero-order valence-corrected chi connectivity index (χ0v) is 10.4. The summed E-state index contributed by atoms with van der Waals surface area (Å²) in [7, 11) is 0. The fourth-order valence-electron chi connectivity index (χ4n) is 1.71. The molecule has 0 aliphatic carbocycles. The van der Waals surface area contributed by atoms with Gasteiger partial charge in [-0.1, -0.05) is 0 Å². The van der Waals surface area contributed by atoms with Gasteiger partial charge in [0.25, 0.3) is 0 Å². The molecular weight excluding hydrogens is 214 g/mol. The van der Waals surface area contributed by atoms with Crippen LogP contribution in [0.3, 0.4) is 0 Å². The molecule has 1 N–H and O–H groups in total. The van der Waals surface area contributed by atoms with E-state index < -0.39 is 0 Å². The van der Waals surface area contributed by atoms with Gasteiger partial charge in [-0.15, -0.1) is 10.2 Å².